The molecule has 1 unspecified atom stereocenters. The largest absolute Gasteiger partial charge is 0.615 e. The lowest BCUT2D eigenvalue weighted by Crippen LogP contribution is -2.69. The number of esters is 1. The topological polar surface area (TPSA) is 86.7 Å². The van der Waals surface area contributed by atoms with E-state index in [-0.39, 0.29) is 18.1 Å². The summed E-state index contributed by atoms with van der Waals surface area (Å²) in [6.07, 6.45) is 7.68. The molecule has 8 heteroatoms. The number of ether oxygens (including phenoxy) is 1. The van der Waals surface area contributed by atoms with E-state index in [2.05, 4.69) is 0 Å². The van der Waals surface area contributed by atoms with E-state index in [1.54, 1.807) is 19.3 Å². The zero-order valence-electron chi connectivity index (χ0n) is 18.6. The van der Waals surface area contributed by atoms with E-state index >= 15 is 4.39 Å². The van der Waals surface area contributed by atoms with E-state index < -0.39 is 55.8 Å². The molecule has 3 fully saturated rings. The van der Waals surface area contributed by atoms with E-state index in [1.807, 2.05) is 13.2 Å². The molecule has 4 rings (SSSR count). The second kappa shape index (κ2) is 7.34. The zero-order chi connectivity index (χ0) is 23.0. The number of aliphatic hydroxyl groups is 1. The number of allylic oxidation sites excluding steroid dienone is 4. The summed E-state index contributed by atoms with van der Waals surface area (Å²) in [4.78, 5) is 24.1. The van der Waals surface area contributed by atoms with Gasteiger partial charge < -0.3 is 14.4 Å². The van der Waals surface area contributed by atoms with Crippen LogP contribution in [0.25, 0.3) is 0 Å². The summed E-state index contributed by atoms with van der Waals surface area (Å²) in [5.74, 6) is -1.44. The van der Waals surface area contributed by atoms with Crippen molar-refractivity contribution in [2.45, 2.75) is 68.4 Å². The van der Waals surface area contributed by atoms with Gasteiger partial charge in [0.05, 0.1) is 6.26 Å². The number of thioether (sulfide) groups is 1. The summed E-state index contributed by atoms with van der Waals surface area (Å²) >= 11 is -0.00494. The SMILES string of the molecule is CS[C@@]1([S+](C)[O-])[C@H](O)C[C@H]2[C@@H]3CCC4=CC(=O)C=C[C@]4(C)[C@@]3(F)[C@@H](OC(C)=O)C[C@@]21C. The lowest BCUT2D eigenvalue weighted by Gasteiger charge is -2.62. The summed E-state index contributed by atoms with van der Waals surface area (Å²) in [7, 11) is 0. The summed E-state index contributed by atoms with van der Waals surface area (Å²) in [5.41, 5.74) is -2.95. The Morgan fingerprint density at radius 1 is 1.39 bits per heavy atom. The second-order valence-electron chi connectivity index (χ2n) is 9.92. The maximum Gasteiger partial charge on any atom is 0.303 e. The molecule has 0 spiro atoms. The third-order valence-electron chi connectivity index (χ3n) is 8.76. The summed E-state index contributed by atoms with van der Waals surface area (Å²) < 4.78 is 35.3. The van der Waals surface area contributed by atoms with Crippen LogP contribution in [0.3, 0.4) is 0 Å². The minimum atomic E-state index is -1.92. The molecular formula is C23H31FO5S2. The second-order valence-corrected chi connectivity index (χ2v) is 12.8. The van der Waals surface area contributed by atoms with Gasteiger partial charge in [-0.2, -0.15) is 0 Å². The van der Waals surface area contributed by atoms with Gasteiger partial charge in [-0.15, -0.1) is 11.8 Å². The van der Waals surface area contributed by atoms with Gasteiger partial charge in [0.25, 0.3) is 0 Å². The number of hydrogen-bond donors (Lipinski definition) is 1. The number of carbonyl (C=O) groups is 2. The van der Waals surface area contributed by atoms with Crippen molar-refractivity contribution >= 4 is 34.7 Å². The maximum absolute atomic E-state index is 17.5. The minimum absolute atomic E-state index is 0.154. The molecule has 0 amide bonds. The van der Waals surface area contributed by atoms with Gasteiger partial charge >= 0.3 is 5.97 Å². The van der Waals surface area contributed by atoms with Gasteiger partial charge in [0.1, 0.15) is 12.2 Å². The third-order valence-corrected chi connectivity index (χ3v) is 12.9. The van der Waals surface area contributed by atoms with Crippen molar-refractivity contribution in [3.63, 3.8) is 0 Å². The first-order chi connectivity index (χ1) is 14.4. The van der Waals surface area contributed by atoms with Crippen LogP contribution in [-0.2, 0) is 25.5 Å². The summed E-state index contributed by atoms with van der Waals surface area (Å²) in [6, 6.07) is 0. The average Bonchev–Trinajstić information content (AvgIpc) is 2.90. The molecule has 5 nitrogen and oxygen atoms in total. The van der Waals surface area contributed by atoms with Gasteiger partial charge in [0.15, 0.2) is 11.5 Å². The number of ketones is 1. The van der Waals surface area contributed by atoms with E-state index in [9.17, 15) is 19.2 Å². The summed E-state index contributed by atoms with van der Waals surface area (Å²) in [5, 5.41) is 11.2. The monoisotopic (exact) mass is 470 g/mol. The first-order valence-corrected chi connectivity index (χ1v) is 13.5. The van der Waals surface area contributed by atoms with Crippen molar-refractivity contribution in [3.05, 3.63) is 23.8 Å². The van der Waals surface area contributed by atoms with E-state index in [4.69, 9.17) is 4.74 Å². The Morgan fingerprint density at radius 3 is 2.65 bits per heavy atom. The molecule has 0 aromatic heterocycles. The van der Waals surface area contributed by atoms with Crippen LogP contribution in [0.4, 0.5) is 4.39 Å². The van der Waals surface area contributed by atoms with Gasteiger partial charge in [0, 0.05) is 23.7 Å². The van der Waals surface area contributed by atoms with Crippen molar-refractivity contribution in [3.8, 4) is 0 Å². The smallest absolute Gasteiger partial charge is 0.303 e. The number of rotatable bonds is 3. The van der Waals surface area contributed by atoms with Crippen LogP contribution < -0.4 is 0 Å². The number of alkyl halides is 1. The van der Waals surface area contributed by atoms with E-state index in [0.29, 0.717) is 19.3 Å². The molecule has 0 bridgehead atoms. The van der Waals surface area contributed by atoms with E-state index in [0.717, 1.165) is 5.57 Å². The van der Waals surface area contributed by atoms with Crippen molar-refractivity contribution in [2.75, 3.05) is 12.5 Å². The first-order valence-electron chi connectivity index (χ1n) is 10.8. The van der Waals surface area contributed by atoms with Crippen molar-refractivity contribution in [1.82, 2.24) is 0 Å². The van der Waals surface area contributed by atoms with Crippen LogP contribution in [-0.4, -0.2) is 55.9 Å². The van der Waals surface area contributed by atoms with Gasteiger partial charge in [-0.1, -0.05) is 18.6 Å². The Labute approximate surface area is 190 Å². The Bertz CT molecular complexity index is 874. The molecule has 4 aliphatic carbocycles. The summed E-state index contributed by atoms with van der Waals surface area (Å²) in [6.45, 7) is 5.05. The molecule has 1 N–H and O–H groups in total. The number of carbonyl (C=O) groups excluding carboxylic acids is 2. The molecule has 3 saturated carbocycles. The fourth-order valence-corrected chi connectivity index (χ4v) is 10.8. The van der Waals surface area contributed by atoms with Crippen molar-refractivity contribution in [2.24, 2.45) is 22.7 Å². The highest BCUT2D eigenvalue weighted by atomic mass is 32.3. The third kappa shape index (κ3) is 2.77. The Balaban J connectivity index is 1.90. The molecule has 9 atom stereocenters. The Morgan fingerprint density at radius 2 is 2.06 bits per heavy atom. The lowest BCUT2D eigenvalue weighted by atomic mass is 9.46. The molecule has 0 heterocycles. The van der Waals surface area contributed by atoms with Crippen LogP contribution in [0.2, 0.25) is 0 Å². The molecule has 31 heavy (non-hydrogen) atoms. The standard InChI is InChI=1S/C23H31FO5S2/c1-13(25)29-19-12-21(3)17(11-18(27)23(21,30-4)31(5)28)16-7-6-14-10-15(26)8-9-20(14,2)22(16,19)24/h8-10,16-19,27H,6-7,11-12H2,1-5H3/t16-,17-,18+,19-,20-,21-,22-,23+,31?/m0/s1. The van der Waals surface area contributed by atoms with Crippen LogP contribution >= 0.6 is 11.8 Å². The number of aliphatic hydroxyl groups excluding tert-OH is 1. The van der Waals surface area contributed by atoms with Gasteiger partial charge in [0.2, 0.25) is 4.08 Å². The molecule has 0 radical (unpaired) electrons. The highest BCUT2D eigenvalue weighted by Gasteiger charge is 2.78. The lowest BCUT2D eigenvalue weighted by molar-refractivity contribution is -0.209. The highest BCUT2D eigenvalue weighted by Crippen LogP contribution is 2.72. The molecule has 4 aliphatic rings. The average molecular weight is 471 g/mol. The fraction of sp³-hybridized carbons (Fsp3) is 0.739. The molecule has 172 valence electrons. The number of hydrogen-bond acceptors (Lipinski definition) is 6. The fourth-order valence-electron chi connectivity index (χ4n) is 7.47. The maximum atomic E-state index is 17.5. The first kappa shape index (κ1) is 23.3. The Hall–Kier alpha value is -0.830. The van der Waals surface area contributed by atoms with Crippen LogP contribution in [0, 0.1) is 22.7 Å². The number of halogens is 1. The highest BCUT2D eigenvalue weighted by molar-refractivity contribution is 8.14. The van der Waals surface area contributed by atoms with Crippen LogP contribution in [0.15, 0.2) is 23.8 Å². The van der Waals surface area contributed by atoms with Gasteiger partial charge in [-0.05, 0) is 68.1 Å². The molecule has 0 aromatic carbocycles. The van der Waals surface area contributed by atoms with Crippen molar-refractivity contribution < 1.29 is 28.4 Å². The minimum Gasteiger partial charge on any atom is -0.615 e. The quantitative estimate of drug-likeness (QED) is 0.503. The molecule has 0 aromatic rings. The van der Waals surface area contributed by atoms with E-state index in [1.165, 1.54) is 30.8 Å². The normalized spacial score (nSPS) is 49.5. The predicted molar refractivity (Wildman–Crippen MR) is 120 cm³/mol. The number of fused-ring (bicyclic) bond motifs is 5. The van der Waals surface area contributed by atoms with Gasteiger partial charge in [-0.25, -0.2) is 4.39 Å². The molecule has 0 aliphatic heterocycles. The zero-order valence-corrected chi connectivity index (χ0v) is 20.3. The predicted octanol–water partition coefficient (Wildman–Crippen LogP) is 3.34. The van der Waals surface area contributed by atoms with Crippen LogP contribution in [0.5, 0.6) is 0 Å². The van der Waals surface area contributed by atoms with Gasteiger partial charge in [-0.3, -0.25) is 9.59 Å². The molecular weight excluding hydrogens is 439 g/mol. The molecule has 0 saturated heterocycles. The Kier molecular flexibility index (Phi) is 5.52. The van der Waals surface area contributed by atoms with Crippen LogP contribution in [0.1, 0.15) is 46.5 Å². The van der Waals surface area contributed by atoms with Crippen molar-refractivity contribution in [1.29, 1.82) is 0 Å².